The van der Waals surface area contributed by atoms with Gasteiger partial charge in [-0.2, -0.15) is 0 Å². The molecule has 0 aliphatic carbocycles. The summed E-state index contributed by atoms with van der Waals surface area (Å²) in [5.74, 6) is -0.175. The molecule has 0 spiro atoms. The molecule has 2 aromatic rings. The van der Waals surface area contributed by atoms with Crippen LogP contribution in [-0.4, -0.2) is 22.5 Å². The zero-order valence-electron chi connectivity index (χ0n) is 8.69. The number of carbonyl (C=O) groups is 1. The number of aryl methyl sites for hydroxylation is 2. The summed E-state index contributed by atoms with van der Waals surface area (Å²) in [5, 5.41) is 2.03. The largest absolute Gasteiger partial charge is 0.469 e. The molecular weight excluding hydrogens is 212 g/mol. The molecule has 2 heterocycles. The molecule has 0 unspecified atom stereocenters. The number of esters is 1. The molecule has 5 heteroatoms. The van der Waals surface area contributed by atoms with E-state index in [1.165, 1.54) is 7.11 Å². The lowest BCUT2D eigenvalue weighted by atomic mass is 10.2. The molecule has 0 atom stereocenters. The number of aromatic nitrogens is 2. The van der Waals surface area contributed by atoms with Crippen molar-refractivity contribution in [3.8, 4) is 0 Å². The Balaban J connectivity index is 2.17. The van der Waals surface area contributed by atoms with Gasteiger partial charge in [-0.15, -0.1) is 11.3 Å². The van der Waals surface area contributed by atoms with Crippen LogP contribution in [-0.2, 0) is 16.0 Å². The first-order valence-corrected chi connectivity index (χ1v) is 5.57. The van der Waals surface area contributed by atoms with Gasteiger partial charge in [-0.25, -0.2) is 4.98 Å². The summed E-state index contributed by atoms with van der Waals surface area (Å²) in [6, 6.07) is 0. The Kier molecular flexibility index (Phi) is 2.73. The predicted octanol–water partition coefficient (Wildman–Crippen LogP) is 1.81. The van der Waals surface area contributed by atoms with Crippen LogP contribution in [0, 0.1) is 6.92 Å². The fraction of sp³-hybridized carbons (Fsp3) is 0.400. The average Bonchev–Trinajstić information content (AvgIpc) is 2.73. The molecule has 0 radical (unpaired) electrons. The van der Waals surface area contributed by atoms with E-state index in [4.69, 9.17) is 0 Å². The first-order valence-electron chi connectivity index (χ1n) is 4.69. The van der Waals surface area contributed by atoms with E-state index >= 15 is 0 Å². The van der Waals surface area contributed by atoms with Crippen molar-refractivity contribution >= 4 is 22.3 Å². The maximum Gasteiger partial charge on any atom is 0.305 e. The summed E-state index contributed by atoms with van der Waals surface area (Å²) in [7, 11) is 1.41. The summed E-state index contributed by atoms with van der Waals surface area (Å²) in [6.45, 7) is 1.96. The van der Waals surface area contributed by atoms with Gasteiger partial charge in [0.15, 0.2) is 4.96 Å². The van der Waals surface area contributed by atoms with Gasteiger partial charge in [0.1, 0.15) is 0 Å². The zero-order valence-corrected chi connectivity index (χ0v) is 9.50. The summed E-state index contributed by atoms with van der Waals surface area (Å²) in [5.41, 5.74) is 2.11. The number of nitrogens with zero attached hydrogens (tertiary/aromatic N) is 2. The Morgan fingerprint density at radius 2 is 2.47 bits per heavy atom. The van der Waals surface area contributed by atoms with Crippen LogP contribution in [0.4, 0.5) is 0 Å². The number of carbonyl (C=O) groups excluding carboxylic acids is 1. The minimum absolute atomic E-state index is 0.175. The van der Waals surface area contributed by atoms with Crippen molar-refractivity contribution in [2.24, 2.45) is 0 Å². The number of hydrogen-bond acceptors (Lipinski definition) is 4. The van der Waals surface area contributed by atoms with Gasteiger partial charge in [-0.05, 0) is 13.3 Å². The number of thiazole rings is 1. The monoisotopic (exact) mass is 224 g/mol. The van der Waals surface area contributed by atoms with Crippen molar-refractivity contribution in [3.05, 3.63) is 23.0 Å². The van der Waals surface area contributed by atoms with E-state index in [0.29, 0.717) is 12.8 Å². The maximum absolute atomic E-state index is 11.0. The predicted molar refractivity (Wildman–Crippen MR) is 58.1 cm³/mol. The van der Waals surface area contributed by atoms with Crippen LogP contribution in [0.2, 0.25) is 0 Å². The maximum atomic E-state index is 11.0. The van der Waals surface area contributed by atoms with E-state index in [2.05, 4.69) is 9.72 Å². The van der Waals surface area contributed by atoms with Gasteiger partial charge in [0, 0.05) is 17.3 Å². The summed E-state index contributed by atoms with van der Waals surface area (Å²) in [4.78, 5) is 16.3. The molecule has 0 aliphatic heterocycles. The highest BCUT2D eigenvalue weighted by molar-refractivity contribution is 7.15. The van der Waals surface area contributed by atoms with Crippen LogP contribution < -0.4 is 0 Å². The molecule has 0 aromatic carbocycles. The van der Waals surface area contributed by atoms with Gasteiger partial charge in [-0.1, -0.05) is 0 Å². The lowest BCUT2D eigenvalue weighted by Crippen LogP contribution is -2.02. The Morgan fingerprint density at radius 1 is 1.67 bits per heavy atom. The van der Waals surface area contributed by atoms with Crippen molar-refractivity contribution in [2.75, 3.05) is 7.11 Å². The topological polar surface area (TPSA) is 43.6 Å². The normalized spacial score (nSPS) is 10.8. The Bertz CT molecular complexity index is 487. The second-order valence-electron chi connectivity index (χ2n) is 3.34. The molecule has 2 rings (SSSR count). The Labute approximate surface area is 91.5 Å². The molecule has 0 saturated carbocycles. The van der Waals surface area contributed by atoms with Crippen molar-refractivity contribution in [2.45, 2.75) is 19.8 Å². The second kappa shape index (κ2) is 4.02. The highest BCUT2D eigenvalue weighted by atomic mass is 32.1. The first kappa shape index (κ1) is 10.2. The minimum atomic E-state index is -0.175. The molecule has 0 aliphatic rings. The van der Waals surface area contributed by atoms with Crippen LogP contribution in [0.3, 0.4) is 0 Å². The molecule has 2 aromatic heterocycles. The second-order valence-corrected chi connectivity index (χ2v) is 4.17. The fourth-order valence-corrected chi connectivity index (χ4v) is 2.41. The summed E-state index contributed by atoms with van der Waals surface area (Å²) < 4.78 is 6.64. The zero-order chi connectivity index (χ0) is 10.8. The van der Waals surface area contributed by atoms with E-state index < -0.39 is 0 Å². The standard InChI is InChI=1S/C10H12N2O2S/c1-7-5-12-8(3-4-9(13)14-2)6-15-10(12)11-7/h5-6H,3-4H2,1-2H3. The highest BCUT2D eigenvalue weighted by Crippen LogP contribution is 2.17. The third-order valence-electron chi connectivity index (χ3n) is 2.22. The van der Waals surface area contributed by atoms with Crippen LogP contribution in [0.5, 0.6) is 0 Å². The Morgan fingerprint density at radius 3 is 3.20 bits per heavy atom. The number of ether oxygens (including phenoxy) is 1. The number of fused-ring (bicyclic) bond motifs is 1. The van der Waals surface area contributed by atoms with Gasteiger partial charge in [0.25, 0.3) is 0 Å². The van der Waals surface area contributed by atoms with Crippen molar-refractivity contribution in [1.82, 2.24) is 9.38 Å². The quantitative estimate of drug-likeness (QED) is 0.747. The van der Waals surface area contributed by atoms with Gasteiger partial charge in [-0.3, -0.25) is 9.20 Å². The molecule has 4 nitrogen and oxygen atoms in total. The van der Waals surface area contributed by atoms with Gasteiger partial charge >= 0.3 is 5.97 Å². The van der Waals surface area contributed by atoms with Crippen molar-refractivity contribution < 1.29 is 9.53 Å². The third-order valence-corrected chi connectivity index (χ3v) is 3.11. The van der Waals surface area contributed by atoms with E-state index in [0.717, 1.165) is 16.3 Å². The van der Waals surface area contributed by atoms with E-state index in [1.54, 1.807) is 11.3 Å². The summed E-state index contributed by atoms with van der Waals surface area (Å²) >= 11 is 1.59. The molecule has 0 bridgehead atoms. The fourth-order valence-electron chi connectivity index (χ4n) is 1.45. The van der Waals surface area contributed by atoms with Gasteiger partial charge in [0.05, 0.1) is 19.2 Å². The highest BCUT2D eigenvalue weighted by Gasteiger charge is 2.08. The molecule has 0 amide bonds. The van der Waals surface area contributed by atoms with E-state index in [9.17, 15) is 4.79 Å². The van der Waals surface area contributed by atoms with Crippen LogP contribution in [0.15, 0.2) is 11.6 Å². The molecular formula is C10H12N2O2S. The lowest BCUT2D eigenvalue weighted by molar-refractivity contribution is -0.140. The SMILES string of the molecule is COC(=O)CCc1csc2nc(C)cn12. The van der Waals surface area contributed by atoms with Gasteiger partial charge in [0.2, 0.25) is 0 Å². The van der Waals surface area contributed by atoms with Crippen molar-refractivity contribution in [1.29, 1.82) is 0 Å². The van der Waals surface area contributed by atoms with Crippen LogP contribution in [0.1, 0.15) is 17.8 Å². The number of methoxy groups -OCH3 is 1. The van der Waals surface area contributed by atoms with Crippen molar-refractivity contribution in [3.63, 3.8) is 0 Å². The smallest absolute Gasteiger partial charge is 0.305 e. The number of imidazole rings is 1. The number of rotatable bonds is 3. The summed E-state index contributed by atoms with van der Waals surface area (Å²) in [6.07, 6.45) is 3.10. The first-order chi connectivity index (χ1) is 7.20. The van der Waals surface area contributed by atoms with Crippen LogP contribution in [0.25, 0.3) is 4.96 Å². The molecule has 0 N–H and O–H groups in total. The molecule has 0 saturated heterocycles. The average molecular weight is 224 g/mol. The Hall–Kier alpha value is -1.36. The van der Waals surface area contributed by atoms with E-state index in [-0.39, 0.29) is 5.97 Å². The van der Waals surface area contributed by atoms with Crippen LogP contribution >= 0.6 is 11.3 Å². The molecule has 0 fully saturated rings. The molecule has 80 valence electrons. The van der Waals surface area contributed by atoms with E-state index in [1.807, 2.05) is 22.9 Å². The third kappa shape index (κ3) is 2.02. The molecule has 15 heavy (non-hydrogen) atoms. The van der Waals surface area contributed by atoms with Gasteiger partial charge < -0.3 is 4.74 Å². The lowest BCUT2D eigenvalue weighted by Gasteiger charge is -1.98. The minimum Gasteiger partial charge on any atom is -0.469 e. The number of hydrogen-bond donors (Lipinski definition) is 0.